The van der Waals surface area contributed by atoms with E-state index in [1.165, 1.54) is 25.7 Å². The summed E-state index contributed by atoms with van der Waals surface area (Å²) in [7, 11) is 0. The van der Waals surface area contributed by atoms with Gasteiger partial charge in [0.05, 0.1) is 0 Å². The van der Waals surface area contributed by atoms with Crippen LogP contribution in [0, 0.1) is 5.92 Å². The second kappa shape index (κ2) is 7.24. The van der Waals surface area contributed by atoms with Crippen LogP contribution in [0.4, 0.5) is 0 Å². The Morgan fingerprint density at radius 1 is 1.21 bits per heavy atom. The second-order valence-electron chi connectivity index (χ2n) is 4.46. The van der Waals surface area contributed by atoms with Crippen molar-refractivity contribution in [2.75, 3.05) is 19.8 Å². The van der Waals surface area contributed by atoms with Gasteiger partial charge in [0, 0.05) is 19.3 Å². The Labute approximate surface area is 88.4 Å². The van der Waals surface area contributed by atoms with Crippen molar-refractivity contribution in [1.29, 1.82) is 0 Å². The third-order valence-corrected chi connectivity index (χ3v) is 3.12. The minimum absolute atomic E-state index is 0.785. The lowest BCUT2D eigenvalue weighted by Crippen LogP contribution is -2.33. The molecular formula is C12H25NO. The number of nitrogens with one attached hydrogen (secondary N) is 1. The molecule has 84 valence electrons. The molecule has 1 saturated carbocycles. The van der Waals surface area contributed by atoms with Crippen LogP contribution in [-0.4, -0.2) is 25.8 Å². The molecule has 0 aliphatic heterocycles. The highest BCUT2D eigenvalue weighted by Gasteiger charge is 2.16. The van der Waals surface area contributed by atoms with E-state index >= 15 is 0 Å². The van der Waals surface area contributed by atoms with E-state index in [-0.39, 0.29) is 0 Å². The van der Waals surface area contributed by atoms with Gasteiger partial charge in [-0.1, -0.05) is 6.92 Å². The normalized spacial score (nSPS) is 27.9. The van der Waals surface area contributed by atoms with Crippen LogP contribution in [0.2, 0.25) is 0 Å². The van der Waals surface area contributed by atoms with Gasteiger partial charge in [0.15, 0.2) is 0 Å². The summed E-state index contributed by atoms with van der Waals surface area (Å²) in [5.74, 6) is 0.955. The lowest BCUT2D eigenvalue weighted by atomic mass is 9.87. The fraction of sp³-hybridized carbons (Fsp3) is 1.00. The average Bonchev–Trinajstić information content (AvgIpc) is 2.21. The molecule has 0 heterocycles. The van der Waals surface area contributed by atoms with Crippen LogP contribution < -0.4 is 5.32 Å². The van der Waals surface area contributed by atoms with E-state index in [0.717, 1.165) is 38.1 Å². The van der Waals surface area contributed by atoms with Crippen molar-refractivity contribution in [2.24, 2.45) is 5.92 Å². The zero-order chi connectivity index (χ0) is 10.2. The summed E-state index contributed by atoms with van der Waals surface area (Å²) in [5, 5.41) is 3.62. The molecule has 0 amide bonds. The maximum absolute atomic E-state index is 5.30. The van der Waals surface area contributed by atoms with Gasteiger partial charge in [-0.15, -0.1) is 0 Å². The maximum atomic E-state index is 5.30. The van der Waals surface area contributed by atoms with Gasteiger partial charge < -0.3 is 10.1 Å². The number of hydrogen-bond donors (Lipinski definition) is 1. The molecule has 0 aromatic carbocycles. The first-order valence-electron chi connectivity index (χ1n) is 6.14. The summed E-state index contributed by atoms with van der Waals surface area (Å²) >= 11 is 0. The molecule has 1 fully saturated rings. The van der Waals surface area contributed by atoms with E-state index < -0.39 is 0 Å². The summed E-state index contributed by atoms with van der Waals surface area (Å²) in [5.41, 5.74) is 0. The summed E-state index contributed by atoms with van der Waals surface area (Å²) in [6, 6.07) is 0.785. The Hall–Kier alpha value is -0.0800. The van der Waals surface area contributed by atoms with Gasteiger partial charge in [0.1, 0.15) is 0 Å². The molecule has 1 N–H and O–H groups in total. The number of rotatable bonds is 6. The quantitative estimate of drug-likeness (QED) is 0.664. The van der Waals surface area contributed by atoms with Crippen molar-refractivity contribution in [2.45, 2.75) is 52.0 Å². The fourth-order valence-corrected chi connectivity index (χ4v) is 2.09. The lowest BCUT2D eigenvalue weighted by molar-refractivity contribution is 0.143. The zero-order valence-electron chi connectivity index (χ0n) is 9.72. The van der Waals surface area contributed by atoms with E-state index in [2.05, 4.69) is 19.2 Å². The first-order valence-corrected chi connectivity index (χ1v) is 6.14. The van der Waals surface area contributed by atoms with Crippen LogP contribution >= 0.6 is 0 Å². The zero-order valence-corrected chi connectivity index (χ0v) is 9.72. The summed E-state index contributed by atoms with van der Waals surface area (Å²) in [6.45, 7) is 7.30. The van der Waals surface area contributed by atoms with Crippen molar-refractivity contribution in [3.05, 3.63) is 0 Å². The van der Waals surface area contributed by atoms with Crippen molar-refractivity contribution in [3.8, 4) is 0 Å². The molecule has 1 aliphatic rings. The van der Waals surface area contributed by atoms with Crippen LogP contribution in [0.25, 0.3) is 0 Å². The minimum Gasteiger partial charge on any atom is -0.382 e. The van der Waals surface area contributed by atoms with Crippen LogP contribution in [-0.2, 0) is 4.74 Å². The Balaban J connectivity index is 1.91. The Bertz CT molecular complexity index is 130. The lowest BCUT2D eigenvalue weighted by Gasteiger charge is -2.27. The van der Waals surface area contributed by atoms with Gasteiger partial charge in [-0.2, -0.15) is 0 Å². The first-order chi connectivity index (χ1) is 6.83. The average molecular weight is 199 g/mol. The monoisotopic (exact) mass is 199 g/mol. The second-order valence-corrected chi connectivity index (χ2v) is 4.46. The van der Waals surface area contributed by atoms with Crippen molar-refractivity contribution < 1.29 is 4.74 Å². The smallest absolute Gasteiger partial charge is 0.0477 e. The molecule has 0 unspecified atom stereocenters. The highest BCUT2D eigenvalue weighted by molar-refractivity contribution is 4.74. The molecule has 0 spiro atoms. The molecular weight excluding hydrogens is 174 g/mol. The highest BCUT2D eigenvalue weighted by Crippen LogP contribution is 2.23. The van der Waals surface area contributed by atoms with E-state index in [1.54, 1.807) is 0 Å². The van der Waals surface area contributed by atoms with Crippen LogP contribution in [0.15, 0.2) is 0 Å². The van der Waals surface area contributed by atoms with Crippen LogP contribution in [0.1, 0.15) is 46.0 Å². The van der Waals surface area contributed by atoms with E-state index in [4.69, 9.17) is 4.74 Å². The molecule has 2 heteroatoms. The predicted molar refractivity (Wildman–Crippen MR) is 60.5 cm³/mol. The largest absolute Gasteiger partial charge is 0.382 e. The van der Waals surface area contributed by atoms with E-state index in [9.17, 15) is 0 Å². The van der Waals surface area contributed by atoms with Gasteiger partial charge in [-0.3, -0.25) is 0 Å². The Kier molecular flexibility index (Phi) is 6.20. The standard InChI is InChI=1S/C12H25NO/c1-3-14-10-4-9-13-12-7-5-11(2)6-8-12/h11-13H,3-10H2,1-2H3/t11-,12-. The van der Waals surface area contributed by atoms with E-state index in [1.807, 2.05) is 0 Å². The fourth-order valence-electron chi connectivity index (χ4n) is 2.09. The van der Waals surface area contributed by atoms with Crippen LogP contribution in [0.3, 0.4) is 0 Å². The molecule has 0 atom stereocenters. The minimum atomic E-state index is 0.785. The molecule has 0 saturated heterocycles. The summed E-state index contributed by atoms with van der Waals surface area (Å²) in [4.78, 5) is 0. The molecule has 0 aromatic heterocycles. The number of hydrogen-bond acceptors (Lipinski definition) is 2. The molecule has 2 nitrogen and oxygen atoms in total. The molecule has 14 heavy (non-hydrogen) atoms. The molecule has 0 aromatic rings. The molecule has 0 radical (unpaired) electrons. The van der Waals surface area contributed by atoms with Gasteiger partial charge >= 0.3 is 0 Å². The summed E-state index contributed by atoms with van der Waals surface area (Å²) in [6.07, 6.45) is 6.71. The van der Waals surface area contributed by atoms with Crippen molar-refractivity contribution in [3.63, 3.8) is 0 Å². The summed E-state index contributed by atoms with van der Waals surface area (Å²) < 4.78 is 5.30. The molecule has 1 aliphatic carbocycles. The topological polar surface area (TPSA) is 21.3 Å². The van der Waals surface area contributed by atoms with Crippen molar-refractivity contribution in [1.82, 2.24) is 5.32 Å². The van der Waals surface area contributed by atoms with Crippen molar-refractivity contribution >= 4 is 0 Å². The van der Waals surface area contributed by atoms with E-state index in [0.29, 0.717) is 0 Å². The molecule has 0 bridgehead atoms. The third kappa shape index (κ3) is 4.97. The maximum Gasteiger partial charge on any atom is 0.0477 e. The number of ether oxygens (including phenoxy) is 1. The SMILES string of the molecule is CCOCCCN[C@H]1CC[C@H](C)CC1. The highest BCUT2D eigenvalue weighted by atomic mass is 16.5. The van der Waals surface area contributed by atoms with Crippen LogP contribution in [0.5, 0.6) is 0 Å². The Morgan fingerprint density at radius 3 is 2.57 bits per heavy atom. The molecule has 1 rings (SSSR count). The third-order valence-electron chi connectivity index (χ3n) is 3.12. The van der Waals surface area contributed by atoms with Gasteiger partial charge in [-0.05, 0) is 51.5 Å². The van der Waals surface area contributed by atoms with Gasteiger partial charge in [-0.25, -0.2) is 0 Å². The predicted octanol–water partition coefficient (Wildman–Crippen LogP) is 2.58. The van der Waals surface area contributed by atoms with Gasteiger partial charge in [0.25, 0.3) is 0 Å². The Morgan fingerprint density at radius 2 is 1.93 bits per heavy atom. The first kappa shape index (κ1) is 12.0. The van der Waals surface area contributed by atoms with Gasteiger partial charge in [0.2, 0.25) is 0 Å².